The van der Waals surface area contributed by atoms with Crippen molar-refractivity contribution in [1.29, 1.82) is 0 Å². The van der Waals surface area contributed by atoms with Gasteiger partial charge in [0, 0.05) is 12.0 Å². The summed E-state index contributed by atoms with van der Waals surface area (Å²) in [6, 6.07) is 10.0. The summed E-state index contributed by atoms with van der Waals surface area (Å²) >= 11 is 1.66. The maximum atomic E-state index is 4.63. The van der Waals surface area contributed by atoms with Gasteiger partial charge in [-0.2, -0.15) is 0 Å². The Hall–Kier alpha value is -1.22. The molecule has 2 nitrogen and oxygen atoms in total. The number of rotatable bonds is 1. The Morgan fingerprint density at radius 3 is 2.38 bits per heavy atom. The zero-order valence-electron chi connectivity index (χ0n) is 9.90. The van der Waals surface area contributed by atoms with Crippen LogP contribution in [0.15, 0.2) is 46.8 Å². The van der Waals surface area contributed by atoms with E-state index < -0.39 is 0 Å². The zero-order chi connectivity index (χ0) is 11.8. The number of likely N-dealkylation sites (N-methyl/N-ethyl adjacent to an activating group) is 1. The molecule has 1 aliphatic heterocycles. The highest BCUT2D eigenvalue weighted by molar-refractivity contribution is 8.17. The van der Waals surface area contributed by atoms with E-state index in [0.717, 1.165) is 15.8 Å². The van der Waals surface area contributed by atoms with Gasteiger partial charge >= 0.3 is 0 Å². The van der Waals surface area contributed by atoms with Crippen LogP contribution in [0.1, 0.15) is 13.8 Å². The standard InChI is InChI=1S/C13H16N2S/c1-10-13(2,3)15(4)12(16-10)14-11-8-6-5-7-9-11/h5-9H,1H2,2-4H3. The zero-order valence-corrected chi connectivity index (χ0v) is 10.7. The molecule has 2 rings (SSSR count). The second-order valence-corrected chi connectivity index (χ2v) is 5.44. The summed E-state index contributed by atoms with van der Waals surface area (Å²) in [5, 5.41) is 1.02. The van der Waals surface area contributed by atoms with Crippen molar-refractivity contribution in [2.24, 2.45) is 4.99 Å². The topological polar surface area (TPSA) is 15.6 Å². The van der Waals surface area contributed by atoms with E-state index in [1.54, 1.807) is 11.8 Å². The van der Waals surface area contributed by atoms with E-state index in [1.165, 1.54) is 0 Å². The van der Waals surface area contributed by atoms with Gasteiger partial charge in [0.05, 0.1) is 11.2 Å². The van der Waals surface area contributed by atoms with E-state index in [0.29, 0.717) is 0 Å². The van der Waals surface area contributed by atoms with E-state index in [9.17, 15) is 0 Å². The molecule has 1 aromatic carbocycles. The molecule has 0 aromatic heterocycles. The summed E-state index contributed by atoms with van der Waals surface area (Å²) in [6.07, 6.45) is 0. The van der Waals surface area contributed by atoms with Crippen molar-refractivity contribution in [3.8, 4) is 0 Å². The van der Waals surface area contributed by atoms with Crippen LogP contribution in [-0.4, -0.2) is 22.7 Å². The maximum absolute atomic E-state index is 4.63. The van der Waals surface area contributed by atoms with Gasteiger partial charge in [0.15, 0.2) is 5.17 Å². The number of nitrogens with zero attached hydrogens (tertiary/aromatic N) is 2. The predicted molar refractivity (Wildman–Crippen MR) is 72.1 cm³/mol. The molecule has 1 heterocycles. The van der Waals surface area contributed by atoms with Crippen molar-refractivity contribution < 1.29 is 0 Å². The van der Waals surface area contributed by atoms with Gasteiger partial charge in [-0.1, -0.05) is 36.5 Å². The maximum Gasteiger partial charge on any atom is 0.169 e. The monoisotopic (exact) mass is 232 g/mol. The van der Waals surface area contributed by atoms with Gasteiger partial charge in [-0.15, -0.1) is 0 Å². The third-order valence-electron chi connectivity index (χ3n) is 3.00. The molecular weight excluding hydrogens is 216 g/mol. The predicted octanol–water partition coefficient (Wildman–Crippen LogP) is 3.65. The van der Waals surface area contributed by atoms with Gasteiger partial charge in [-0.25, -0.2) is 4.99 Å². The van der Waals surface area contributed by atoms with E-state index >= 15 is 0 Å². The van der Waals surface area contributed by atoms with Crippen molar-refractivity contribution >= 4 is 22.6 Å². The van der Waals surface area contributed by atoms with Crippen LogP contribution >= 0.6 is 11.8 Å². The molecule has 0 aliphatic carbocycles. The first-order valence-electron chi connectivity index (χ1n) is 5.26. The number of thioether (sulfide) groups is 1. The van der Waals surface area contributed by atoms with Gasteiger partial charge in [0.2, 0.25) is 0 Å². The molecule has 0 amide bonds. The Morgan fingerprint density at radius 2 is 1.88 bits per heavy atom. The first-order chi connectivity index (χ1) is 7.51. The Labute approximate surface area is 101 Å². The Balaban J connectivity index is 2.31. The van der Waals surface area contributed by atoms with Gasteiger partial charge in [-0.3, -0.25) is 0 Å². The van der Waals surface area contributed by atoms with Crippen LogP contribution in [0.25, 0.3) is 0 Å². The van der Waals surface area contributed by atoms with Crippen molar-refractivity contribution in [3.63, 3.8) is 0 Å². The Morgan fingerprint density at radius 1 is 1.25 bits per heavy atom. The first kappa shape index (κ1) is 11.3. The van der Waals surface area contributed by atoms with Gasteiger partial charge < -0.3 is 4.90 Å². The number of benzene rings is 1. The van der Waals surface area contributed by atoms with Crippen LogP contribution < -0.4 is 0 Å². The minimum Gasteiger partial charge on any atom is -0.344 e. The third-order valence-corrected chi connectivity index (χ3v) is 4.30. The van der Waals surface area contributed by atoms with Gasteiger partial charge in [-0.05, 0) is 26.0 Å². The van der Waals surface area contributed by atoms with Gasteiger partial charge in [0.25, 0.3) is 0 Å². The Bertz CT molecular complexity index is 435. The first-order valence-corrected chi connectivity index (χ1v) is 6.08. The lowest BCUT2D eigenvalue weighted by molar-refractivity contribution is 0.331. The minimum atomic E-state index is -0.0156. The number of aliphatic imine (C=N–C) groups is 1. The summed E-state index contributed by atoms with van der Waals surface area (Å²) in [4.78, 5) is 7.95. The number of para-hydroxylation sites is 1. The Kier molecular flexibility index (Phi) is 2.80. The third kappa shape index (κ3) is 1.87. The van der Waals surface area contributed by atoms with Gasteiger partial charge in [0.1, 0.15) is 0 Å². The number of hydrogen-bond acceptors (Lipinski definition) is 2. The minimum absolute atomic E-state index is 0.0156. The molecule has 16 heavy (non-hydrogen) atoms. The molecule has 3 heteroatoms. The van der Waals surface area contributed by atoms with E-state index in [2.05, 4.69) is 37.4 Å². The van der Waals surface area contributed by atoms with E-state index in [-0.39, 0.29) is 5.54 Å². The molecule has 1 saturated heterocycles. The quantitative estimate of drug-likeness (QED) is 0.734. The molecule has 0 radical (unpaired) electrons. The second kappa shape index (κ2) is 3.98. The average Bonchev–Trinajstić information content (AvgIpc) is 2.45. The molecular formula is C13H16N2S. The number of hydrogen-bond donors (Lipinski definition) is 0. The fourth-order valence-electron chi connectivity index (χ4n) is 1.44. The lowest BCUT2D eigenvalue weighted by Crippen LogP contribution is -2.37. The molecule has 0 atom stereocenters. The molecule has 0 bridgehead atoms. The molecule has 1 aliphatic rings. The van der Waals surface area contributed by atoms with E-state index in [4.69, 9.17) is 0 Å². The molecule has 0 saturated carbocycles. The van der Waals surface area contributed by atoms with Crippen molar-refractivity contribution in [2.75, 3.05) is 7.05 Å². The molecule has 84 valence electrons. The highest BCUT2D eigenvalue weighted by atomic mass is 32.2. The summed E-state index contributed by atoms with van der Waals surface area (Å²) in [5.74, 6) is 0. The molecule has 0 N–H and O–H groups in total. The fraction of sp³-hybridized carbons (Fsp3) is 0.308. The summed E-state index contributed by atoms with van der Waals surface area (Å²) < 4.78 is 0. The molecule has 1 fully saturated rings. The fourth-order valence-corrected chi connectivity index (χ4v) is 2.56. The molecule has 0 spiro atoms. The molecule has 1 aromatic rings. The lowest BCUT2D eigenvalue weighted by atomic mass is 10.1. The highest BCUT2D eigenvalue weighted by Gasteiger charge is 2.37. The second-order valence-electron chi connectivity index (χ2n) is 4.37. The van der Waals surface area contributed by atoms with Crippen LogP contribution in [0.2, 0.25) is 0 Å². The van der Waals surface area contributed by atoms with Crippen LogP contribution in [0.4, 0.5) is 5.69 Å². The normalized spacial score (nSPS) is 21.8. The summed E-state index contributed by atoms with van der Waals surface area (Å²) in [6.45, 7) is 8.41. The van der Waals surface area contributed by atoms with Crippen LogP contribution in [0, 0.1) is 0 Å². The van der Waals surface area contributed by atoms with E-state index in [1.807, 2.05) is 30.3 Å². The largest absolute Gasteiger partial charge is 0.344 e. The van der Waals surface area contributed by atoms with Crippen LogP contribution in [0.3, 0.4) is 0 Å². The molecule has 0 unspecified atom stereocenters. The van der Waals surface area contributed by atoms with Crippen LogP contribution in [0.5, 0.6) is 0 Å². The smallest absolute Gasteiger partial charge is 0.169 e. The van der Waals surface area contributed by atoms with Crippen molar-refractivity contribution in [2.45, 2.75) is 19.4 Å². The SMILES string of the molecule is C=C1SC(=Nc2ccccc2)N(C)C1(C)C. The number of amidine groups is 1. The highest BCUT2D eigenvalue weighted by Crippen LogP contribution is 2.41. The van der Waals surface area contributed by atoms with Crippen molar-refractivity contribution in [1.82, 2.24) is 4.90 Å². The van der Waals surface area contributed by atoms with Crippen molar-refractivity contribution in [3.05, 3.63) is 41.8 Å². The average molecular weight is 232 g/mol. The summed E-state index contributed by atoms with van der Waals surface area (Å²) in [7, 11) is 2.06. The summed E-state index contributed by atoms with van der Waals surface area (Å²) in [5.41, 5.74) is 0.973. The van der Waals surface area contributed by atoms with Crippen LogP contribution in [-0.2, 0) is 0 Å². The lowest BCUT2D eigenvalue weighted by Gasteiger charge is -2.28.